The van der Waals surface area contributed by atoms with Gasteiger partial charge in [0.1, 0.15) is 0 Å². The Labute approximate surface area is 85.9 Å². The summed E-state index contributed by atoms with van der Waals surface area (Å²) in [5, 5.41) is 12.4. The van der Waals surface area contributed by atoms with Crippen LogP contribution in [0.3, 0.4) is 0 Å². The van der Waals surface area contributed by atoms with E-state index >= 15 is 0 Å². The highest BCUT2D eigenvalue weighted by Gasteiger charge is 2.49. The highest BCUT2D eigenvalue weighted by Crippen LogP contribution is 2.45. The van der Waals surface area contributed by atoms with E-state index in [1.165, 1.54) is 0 Å². The molecule has 0 bridgehead atoms. The Kier molecular flexibility index (Phi) is 3.53. The van der Waals surface area contributed by atoms with E-state index in [9.17, 15) is 9.90 Å². The summed E-state index contributed by atoms with van der Waals surface area (Å²) in [6, 6.07) is 0.133. The van der Waals surface area contributed by atoms with Crippen LogP contribution in [0.2, 0.25) is 0 Å². The summed E-state index contributed by atoms with van der Waals surface area (Å²) in [4.78, 5) is 11.2. The van der Waals surface area contributed by atoms with Crippen molar-refractivity contribution in [1.29, 1.82) is 0 Å². The van der Waals surface area contributed by atoms with E-state index in [0.717, 1.165) is 25.7 Å². The molecule has 82 valence electrons. The number of nitrogens with one attached hydrogen (secondary N) is 1. The molecule has 1 unspecified atom stereocenters. The molecule has 0 heterocycles. The second-order valence-corrected chi connectivity index (χ2v) is 4.79. The fourth-order valence-corrected chi connectivity index (χ4v) is 2.36. The molecule has 14 heavy (non-hydrogen) atoms. The number of rotatable bonds is 5. The zero-order valence-corrected chi connectivity index (χ0v) is 9.34. The van der Waals surface area contributed by atoms with Crippen LogP contribution in [0.1, 0.15) is 39.5 Å². The molecule has 1 aliphatic rings. The third-order valence-corrected chi connectivity index (χ3v) is 3.39. The third kappa shape index (κ3) is 1.92. The van der Waals surface area contributed by atoms with Crippen LogP contribution < -0.4 is 5.32 Å². The molecule has 1 fully saturated rings. The van der Waals surface area contributed by atoms with E-state index < -0.39 is 11.4 Å². The van der Waals surface area contributed by atoms with Crippen LogP contribution >= 0.6 is 0 Å². The molecule has 0 amide bonds. The van der Waals surface area contributed by atoms with E-state index in [4.69, 9.17) is 0 Å². The first-order chi connectivity index (χ1) is 6.53. The van der Waals surface area contributed by atoms with Gasteiger partial charge < -0.3 is 10.4 Å². The van der Waals surface area contributed by atoms with Gasteiger partial charge in [-0.15, -0.1) is 0 Å². The third-order valence-electron chi connectivity index (χ3n) is 3.39. The molecule has 2 N–H and O–H groups in total. The molecule has 0 aromatic rings. The van der Waals surface area contributed by atoms with Crippen molar-refractivity contribution in [3.63, 3.8) is 0 Å². The summed E-state index contributed by atoms with van der Waals surface area (Å²) >= 11 is 0. The van der Waals surface area contributed by atoms with Gasteiger partial charge in [0.15, 0.2) is 0 Å². The van der Waals surface area contributed by atoms with Gasteiger partial charge >= 0.3 is 5.97 Å². The van der Waals surface area contributed by atoms with Crippen molar-refractivity contribution in [2.45, 2.75) is 45.6 Å². The first kappa shape index (κ1) is 11.5. The summed E-state index contributed by atoms with van der Waals surface area (Å²) in [5.74, 6) is -0.0759. The molecule has 3 nitrogen and oxygen atoms in total. The lowest BCUT2D eigenvalue weighted by Crippen LogP contribution is -2.53. The number of carboxylic acid groups (broad SMARTS) is 1. The minimum absolute atomic E-state index is 0.133. The lowest BCUT2D eigenvalue weighted by atomic mass is 9.62. The lowest BCUT2D eigenvalue weighted by Gasteiger charge is -2.44. The van der Waals surface area contributed by atoms with Gasteiger partial charge in [0.05, 0.1) is 5.41 Å². The van der Waals surface area contributed by atoms with Crippen LogP contribution in [0, 0.1) is 11.3 Å². The molecular weight excluding hydrogens is 178 g/mol. The van der Waals surface area contributed by atoms with Crippen LogP contribution in [0.15, 0.2) is 0 Å². The zero-order chi connectivity index (χ0) is 10.8. The number of aliphatic carboxylic acids is 1. The van der Waals surface area contributed by atoms with Crippen molar-refractivity contribution in [3.8, 4) is 0 Å². The van der Waals surface area contributed by atoms with Gasteiger partial charge in [-0.3, -0.25) is 4.79 Å². The van der Waals surface area contributed by atoms with E-state index in [-0.39, 0.29) is 6.04 Å². The van der Waals surface area contributed by atoms with Crippen molar-refractivity contribution in [1.82, 2.24) is 5.32 Å². The Morgan fingerprint density at radius 2 is 2.07 bits per heavy atom. The summed E-state index contributed by atoms with van der Waals surface area (Å²) in [6.45, 7) is 4.27. The monoisotopic (exact) mass is 199 g/mol. The van der Waals surface area contributed by atoms with Crippen LogP contribution in [-0.2, 0) is 4.79 Å². The molecule has 1 rings (SSSR count). The first-order valence-electron chi connectivity index (χ1n) is 5.43. The van der Waals surface area contributed by atoms with Gasteiger partial charge in [-0.2, -0.15) is 0 Å². The van der Waals surface area contributed by atoms with E-state index in [0.29, 0.717) is 5.92 Å². The summed E-state index contributed by atoms with van der Waals surface area (Å²) < 4.78 is 0. The highest BCUT2D eigenvalue weighted by atomic mass is 16.4. The Hall–Kier alpha value is -0.570. The van der Waals surface area contributed by atoms with Crippen LogP contribution in [-0.4, -0.2) is 24.2 Å². The molecular formula is C11H21NO2. The van der Waals surface area contributed by atoms with Crippen LogP contribution in [0.25, 0.3) is 0 Å². The molecule has 0 aromatic carbocycles. The first-order valence-corrected chi connectivity index (χ1v) is 5.43. The number of hydrogen-bond acceptors (Lipinski definition) is 2. The Morgan fingerprint density at radius 1 is 1.50 bits per heavy atom. The molecule has 3 heteroatoms. The average molecular weight is 199 g/mol. The molecule has 0 radical (unpaired) electrons. The quantitative estimate of drug-likeness (QED) is 0.710. The van der Waals surface area contributed by atoms with Gasteiger partial charge in [0, 0.05) is 6.04 Å². The second kappa shape index (κ2) is 4.30. The summed E-state index contributed by atoms with van der Waals surface area (Å²) in [6.07, 6.45) is 3.67. The van der Waals surface area contributed by atoms with Crippen molar-refractivity contribution in [2.75, 3.05) is 7.05 Å². The van der Waals surface area contributed by atoms with Crippen molar-refractivity contribution in [3.05, 3.63) is 0 Å². The maximum atomic E-state index is 11.2. The Morgan fingerprint density at radius 3 is 2.29 bits per heavy atom. The van der Waals surface area contributed by atoms with Gasteiger partial charge in [-0.25, -0.2) is 0 Å². The number of carboxylic acids is 1. The van der Waals surface area contributed by atoms with Crippen molar-refractivity contribution >= 4 is 5.97 Å². The summed E-state index contributed by atoms with van der Waals surface area (Å²) in [5.41, 5.74) is -0.473. The number of hydrogen-bond donors (Lipinski definition) is 2. The minimum Gasteiger partial charge on any atom is -0.481 e. The lowest BCUT2D eigenvalue weighted by molar-refractivity contribution is -0.157. The number of carbonyl (C=O) groups is 1. The maximum absolute atomic E-state index is 11.2. The van der Waals surface area contributed by atoms with E-state index in [1.807, 2.05) is 7.05 Å². The maximum Gasteiger partial charge on any atom is 0.311 e. The molecule has 0 aromatic heterocycles. The Bertz CT molecular complexity index is 209. The van der Waals surface area contributed by atoms with Crippen molar-refractivity contribution < 1.29 is 9.90 Å². The topological polar surface area (TPSA) is 49.3 Å². The fourth-order valence-electron chi connectivity index (χ4n) is 2.36. The standard InChI is InChI=1S/C11H21NO2/c1-8(2)7-9(12-3)11(10(13)14)5-4-6-11/h8-9,12H,4-7H2,1-3H3,(H,13,14). The normalized spacial score (nSPS) is 21.7. The van der Waals surface area contributed by atoms with Gasteiger partial charge in [0.2, 0.25) is 0 Å². The summed E-state index contributed by atoms with van der Waals surface area (Å²) in [7, 11) is 1.87. The molecule has 0 spiro atoms. The molecule has 1 aliphatic carbocycles. The Balaban J connectivity index is 2.70. The predicted octanol–water partition coefficient (Wildman–Crippen LogP) is 1.88. The van der Waals surface area contributed by atoms with Gasteiger partial charge in [-0.05, 0) is 32.2 Å². The van der Waals surface area contributed by atoms with Gasteiger partial charge in [-0.1, -0.05) is 20.3 Å². The molecule has 1 saturated carbocycles. The van der Waals surface area contributed by atoms with Crippen LogP contribution in [0.4, 0.5) is 0 Å². The SMILES string of the molecule is CNC(CC(C)C)C1(C(=O)O)CCC1. The average Bonchev–Trinajstić information content (AvgIpc) is 1.98. The largest absolute Gasteiger partial charge is 0.481 e. The second-order valence-electron chi connectivity index (χ2n) is 4.79. The zero-order valence-electron chi connectivity index (χ0n) is 9.34. The van der Waals surface area contributed by atoms with Gasteiger partial charge in [0.25, 0.3) is 0 Å². The van der Waals surface area contributed by atoms with E-state index in [2.05, 4.69) is 19.2 Å². The van der Waals surface area contributed by atoms with E-state index in [1.54, 1.807) is 0 Å². The molecule has 0 aliphatic heterocycles. The van der Waals surface area contributed by atoms with Crippen LogP contribution in [0.5, 0.6) is 0 Å². The molecule has 0 saturated heterocycles. The smallest absolute Gasteiger partial charge is 0.311 e. The molecule has 1 atom stereocenters. The minimum atomic E-state index is -0.622. The highest BCUT2D eigenvalue weighted by molar-refractivity contribution is 5.76. The predicted molar refractivity (Wildman–Crippen MR) is 56.2 cm³/mol. The fraction of sp³-hybridized carbons (Fsp3) is 0.909. The van der Waals surface area contributed by atoms with Crippen molar-refractivity contribution in [2.24, 2.45) is 11.3 Å².